The number of benzene rings is 1. The molecule has 0 saturated carbocycles. The molecule has 0 fully saturated rings. The third-order valence-electron chi connectivity index (χ3n) is 3.28. The molecule has 0 aliphatic heterocycles. The van der Waals surface area contributed by atoms with Crippen LogP contribution in [0.15, 0.2) is 28.8 Å². The average molecular weight is 354 g/mol. The van der Waals surface area contributed by atoms with Crippen LogP contribution in [0.5, 0.6) is 0 Å². The number of anilines is 1. The molecule has 1 heterocycles. The molecule has 8 heteroatoms. The quantitative estimate of drug-likeness (QED) is 0.742. The van der Waals surface area contributed by atoms with Crippen molar-refractivity contribution in [1.82, 2.24) is 20.8 Å². The highest BCUT2D eigenvalue weighted by molar-refractivity contribution is 5.93. The maximum Gasteiger partial charge on any atom is 0.319 e. The second-order valence-electron chi connectivity index (χ2n) is 5.71. The summed E-state index contributed by atoms with van der Waals surface area (Å²) in [6.07, 6.45) is 0.670. The Bertz CT molecular complexity index is 659. The number of likely N-dealkylation sites (N-methyl/N-ethyl adjacent to an activating group) is 1. The SMILES string of the molecule is CNC(C)Cc1noc(-c2ccccc2NC(=O)NC(C)C)n1.Cl. The number of aromatic nitrogens is 2. The predicted molar refractivity (Wildman–Crippen MR) is 96.5 cm³/mol. The maximum absolute atomic E-state index is 11.9. The highest BCUT2D eigenvalue weighted by Crippen LogP contribution is 2.26. The second kappa shape index (κ2) is 9.24. The molecule has 0 aliphatic carbocycles. The van der Waals surface area contributed by atoms with Gasteiger partial charge in [-0.05, 0) is 40.0 Å². The van der Waals surface area contributed by atoms with Crippen LogP contribution >= 0.6 is 12.4 Å². The van der Waals surface area contributed by atoms with Crippen LogP contribution in [0.1, 0.15) is 26.6 Å². The number of hydrogen-bond acceptors (Lipinski definition) is 5. The molecule has 132 valence electrons. The van der Waals surface area contributed by atoms with E-state index in [9.17, 15) is 4.79 Å². The van der Waals surface area contributed by atoms with E-state index in [4.69, 9.17) is 4.52 Å². The van der Waals surface area contributed by atoms with Crippen molar-refractivity contribution in [3.05, 3.63) is 30.1 Å². The number of nitrogens with zero attached hydrogens (tertiary/aromatic N) is 2. The van der Waals surface area contributed by atoms with Gasteiger partial charge in [-0.25, -0.2) is 4.79 Å². The van der Waals surface area contributed by atoms with E-state index in [1.165, 1.54) is 0 Å². The Kier molecular flexibility index (Phi) is 7.67. The highest BCUT2D eigenvalue weighted by atomic mass is 35.5. The van der Waals surface area contributed by atoms with Gasteiger partial charge in [0.1, 0.15) is 0 Å². The fourth-order valence-corrected chi connectivity index (χ4v) is 2.02. The number of urea groups is 1. The standard InChI is InChI=1S/C16H23N5O2.ClH/c1-10(2)18-16(22)19-13-8-6-5-7-12(13)15-20-14(21-23-15)9-11(3)17-4;/h5-8,10-11,17H,9H2,1-4H3,(H2,18,19,22);1H. The van der Waals surface area contributed by atoms with Gasteiger partial charge in [0.25, 0.3) is 5.89 Å². The number of para-hydroxylation sites is 1. The van der Waals surface area contributed by atoms with E-state index >= 15 is 0 Å². The summed E-state index contributed by atoms with van der Waals surface area (Å²) in [5.41, 5.74) is 1.32. The summed E-state index contributed by atoms with van der Waals surface area (Å²) in [7, 11) is 1.89. The molecule has 3 N–H and O–H groups in total. The zero-order valence-corrected chi connectivity index (χ0v) is 15.1. The van der Waals surface area contributed by atoms with Crippen molar-refractivity contribution in [3.63, 3.8) is 0 Å². The number of carbonyl (C=O) groups excluding carboxylic acids is 1. The van der Waals surface area contributed by atoms with Crippen LogP contribution in [0.3, 0.4) is 0 Å². The normalized spacial score (nSPS) is 11.7. The van der Waals surface area contributed by atoms with E-state index in [0.717, 1.165) is 0 Å². The first kappa shape index (κ1) is 19.9. The third kappa shape index (κ3) is 5.50. The molecule has 0 aliphatic rings. The van der Waals surface area contributed by atoms with Crippen LogP contribution in [0, 0.1) is 0 Å². The largest absolute Gasteiger partial charge is 0.336 e. The lowest BCUT2D eigenvalue weighted by molar-refractivity contribution is 0.250. The molecule has 0 radical (unpaired) electrons. The van der Waals surface area contributed by atoms with Gasteiger partial charge in [0.15, 0.2) is 5.82 Å². The lowest BCUT2D eigenvalue weighted by Crippen LogP contribution is -2.34. The molecule has 1 unspecified atom stereocenters. The number of rotatable bonds is 6. The van der Waals surface area contributed by atoms with Crippen molar-refractivity contribution < 1.29 is 9.32 Å². The Morgan fingerprint density at radius 2 is 1.96 bits per heavy atom. The van der Waals surface area contributed by atoms with E-state index in [1.807, 2.05) is 46.0 Å². The van der Waals surface area contributed by atoms with E-state index in [2.05, 4.69) is 26.1 Å². The fourth-order valence-electron chi connectivity index (χ4n) is 2.02. The first-order valence-electron chi connectivity index (χ1n) is 7.66. The number of amides is 2. The summed E-state index contributed by atoms with van der Waals surface area (Å²) in [5, 5.41) is 12.7. The minimum atomic E-state index is -0.268. The molecule has 2 aromatic rings. The molecule has 0 bridgehead atoms. The van der Waals surface area contributed by atoms with Crippen molar-refractivity contribution >= 4 is 24.1 Å². The molecule has 1 atom stereocenters. The van der Waals surface area contributed by atoms with Crippen LogP contribution in [-0.4, -0.2) is 35.3 Å². The molecule has 2 rings (SSSR count). The monoisotopic (exact) mass is 353 g/mol. The van der Waals surface area contributed by atoms with E-state index in [-0.39, 0.29) is 30.5 Å². The van der Waals surface area contributed by atoms with Crippen LogP contribution in [0.25, 0.3) is 11.5 Å². The van der Waals surface area contributed by atoms with Gasteiger partial charge in [-0.15, -0.1) is 12.4 Å². The lowest BCUT2D eigenvalue weighted by atomic mass is 10.1. The van der Waals surface area contributed by atoms with Gasteiger partial charge in [0.2, 0.25) is 0 Å². The summed E-state index contributed by atoms with van der Waals surface area (Å²) in [6.45, 7) is 5.85. The molecule has 1 aromatic carbocycles. The van der Waals surface area contributed by atoms with Crippen molar-refractivity contribution in [2.75, 3.05) is 12.4 Å². The number of nitrogens with one attached hydrogen (secondary N) is 3. The first-order valence-corrected chi connectivity index (χ1v) is 7.66. The number of hydrogen-bond donors (Lipinski definition) is 3. The van der Waals surface area contributed by atoms with Crippen LogP contribution < -0.4 is 16.0 Å². The fraction of sp³-hybridized carbons (Fsp3) is 0.438. The predicted octanol–water partition coefficient (Wildman–Crippen LogP) is 2.84. The van der Waals surface area contributed by atoms with Crippen LogP contribution in [0.4, 0.5) is 10.5 Å². The van der Waals surface area contributed by atoms with Gasteiger partial charge < -0.3 is 20.5 Å². The Morgan fingerprint density at radius 1 is 1.25 bits per heavy atom. The molecule has 0 saturated heterocycles. The van der Waals surface area contributed by atoms with Crippen molar-refractivity contribution in [2.24, 2.45) is 0 Å². The van der Waals surface area contributed by atoms with Gasteiger partial charge >= 0.3 is 6.03 Å². The Labute approximate surface area is 148 Å². The topological polar surface area (TPSA) is 92.1 Å². The minimum absolute atomic E-state index is 0. The van der Waals surface area contributed by atoms with Crippen molar-refractivity contribution in [2.45, 2.75) is 39.3 Å². The zero-order valence-electron chi connectivity index (χ0n) is 14.3. The van der Waals surface area contributed by atoms with Crippen molar-refractivity contribution in [1.29, 1.82) is 0 Å². The van der Waals surface area contributed by atoms with E-state index in [1.54, 1.807) is 6.07 Å². The molecule has 7 nitrogen and oxygen atoms in total. The lowest BCUT2D eigenvalue weighted by Gasteiger charge is -2.11. The molecule has 1 aromatic heterocycles. The maximum atomic E-state index is 11.9. The summed E-state index contributed by atoms with van der Waals surface area (Å²) >= 11 is 0. The molecular weight excluding hydrogens is 330 g/mol. The first-order chi connectivity index (χ1) is 11.0. The molecule has 2 amide bonds. The number of carbonyl (C=O) groups is 1. The molecule has 24 heavy (non-hydrogen) atoms. The highest BCUT2D eigenvalue weighted by Gasteiger charge is 2.15. The molecular formula is C16H24ClN5O2. The average Bonchev–Trinajstić information content (AvgIpc) is 2.95. The van der Waals surface area contributed by atoms with Gasteiger partial charge in [-0.2, -0.15) is 4.98 Å². The van der Waals surface area contributed by atoms with Gasteiger partial charge in [0, 0.05) is 18.5 Å². The Hall–Kier alpha value is -2.12. The van der Waals surface area contributed by atoms with E-state index < -0.39 is 0 Å². The summed E-state index contributed by atoms with van der Waals surface area (Å²) < 4.78 is 5.34. The van der Waals surface area contributed by atoms with E-state index in [0.29, 0.717) is 29.4 Å². The van der Waals surface area contributed by atoms with Crippen LogP contribution in [0.2, 0.25) is 0 Å². The van der Waals surface area contributed by atoms with Crippen molar-refractivity contribution in [3.8, 4) is 11.5 Å². The summed E-state index contributed by atoms with van der Waals surface area (Å²) in [5.74, 6) is 1.02. The second-order valence-corrected chi connectivity index (χ2v) is 5.71. The smallest absolute Gasteiger partial charge is 0.319 e. The zero-order chi connectivity index (χ0) is 16.8. The summed E-state index contributed by atoms with van der Waals surface area (Å²) in [4.78, 5) is 16.3. The Balaban J connectivity index is 0.00000288. The Morgan fingerprint density at radius 3 is 2.62 bits per heavy atom. The summed E-state index contributed by atoms with van der Waals surface area (Å²) in [6, 6.07) is 7.39. The third-order valence-corrected chi connectivity index (χ3v) is 3.28. The number of halogens is 1. The molecule has 0 spiro atoms. The van der Waals surface area contributed by atoms with Gasteiger partial charge in [-0.1, -0.05) is 17.3 Å². The minimum Gasteiger partial charge on any atom is -0.336 e. The van der Waals surface area contributed by atoms with Crippen LogP contribution in [-0.2, 0) is 6.42 Å². The van der Waals surface area contributed by atoms with Gasteiger partial charge in [0.05, 0.1) is 11.3 Å². The van der Waals surface area contributed by atoms with Gasteiger partial charge in [-0.3, -0.25) is 0 Å².